The van der Waals surface area contributed by atoms with E-state index >= 15 is 0 Å². The maximum absolute atomic E-state index is 9.15. The summed E-state index contributed by atoms with van der Waals surface area (Å²) in [4.78, 5) is 4.19. The van der Waals surface area contributed by atoms with E-state index in [1.165, 1.54) is 0 Å². The molecule has 0 unspecified atom stereocenters. The van der Waals surface area contributed by atoms with Crippen molar-refractivity contribution < 1.29 is 9.84 Å². The Kier molecular flexibility index (Phi) is 4.47. The molecule has 0 fully saturated rings. The van der Waals surface area contributed by atoms with Crippen LogP contribution in [0.15, 0.2) is 12.1 Å². The predicted molar refractivity (Wildman–Crippen MR) is 64.4 cm³/mol. The second-order valence-corrected chi connectivity index (χ2v) is 4.65. The molecule has 92 valence electrons. The van der Waals surface area contributed by atoms with Crippen LogP contribution >= 0.6 is 0 Å². The molecule has 0 radical (unpaired) electrons. The van der Waals surface area contributed by atoms with Gasteiger partial charge in [-0.2, -0.15) is 5.26 Å². The highest BCUT2D eigenvalue weighted by Crippen LogP contribution is 2.21. The number of pyridine rings is 1. The third kappa shape index (κ3) is 4.04. The first kappa shape index (κ1) is 13.5. The summed E-state index contributed by atoms with van der Waals surface area (Å²) in [6.07, 6.45) is 0.641. The van der Waals surface area contributed by atoms with Gasteiger partial charge in [-0.05, 0) is 39.3 Å². The number of nitrogens with zero attached hydrogens (tertiary/aromatic N) is 2. The predicted octanol–water partition coefficient (Wildman–Crippen LogP) is 2.20. The average Bonchev–Trinajstić information content (AvgIpc) is 2.30. The molecule has 0 aliphatic heterocycles. The molecule has 4 nitrogen and oxygen atoms in total. The number of aromatic nitrogens is 1. The van der Waals surface area contributed by atoms with Crippen molar-refractivity contribution in [3.05, 3.63) is 23.5 Å². The van der Waals surface area contributed by atoms with E-state index in [-0.39, 0.29) is 6.61 Å². The second kappa shape index (κ2) is 5.65. The highest BCUT2D eigenvalue weighted by Gasteiger charge is 2.16. The van der Waals surface area contributed by atoms with E-state index in [1.807, 2.05) is 26.8 Å². The highest BCUT2D eigenvalue weighted by molar-refractivity contribution is 5.28. The zero-order valence-corrected chi connectivity index (χ0v) is 10.5. The Morgan fingerprint density at radius 2 is 2.18 bits per heavy atom. The van der Waals surface area contributed by atoms with Crippen molar-refractivity contribution in [2.75, 3.05) is 6.61 Å². The smallest absolute Gasteiger partial charge is 0.143 e. The van der Waals surface area contributed by atoms with Gasteiger partial charge >= 0.3 is 0 Å². The summed E-state index contributed by atoms with van der Waals surface area (Å²) in [5, 5.41) is 18.0. The minimum atomic E-state index is -0.391. The molecule has 17 heavy (non-hydrogen) atoms. The number of aryl methyl sites for hydroxylation is 1. The van der Waals surface area contributed by atoms with Crippen molar-refractivity contribution in [2.24, 2.45) is 5.41 Å². The standard InChI is InChI=1S/C13H18N2O2/c1-10-4-5-12(11(8-16)15-10)17-7-6-13(2,3)9-14/h4-5,16H,6-8H2,1-3H3. The molecule has 0 aliphatic carbocycles. The molecule has 1 N–H and O–H groups in total. The van der Waals surface area contributed by atoms with E-state index in [1.54, 1.807) is 6.07 Å². The quantitative estimate of drug-likeness (QED) is 0.848. The van der Waals surface area contributed by atoms with Crippen LogP contribution in [-0.2, 0) is 6.61 Å². The molecule has 0 aliphatic rings. The Morgan fingerprint density at radius 1 is 1.47 bits per heavy atom. The van der Waals surface area contributed by atoms with Gasteiger partial charge in [-0.1, -0.05) is 0 Å². The summed E-state index contributed by atoms with van der Waals surface area (Å²) in [6, 6.07) is 5.86. The van der Waals surface area contributed by atoms with E-state index in [0.29, 0.717) is 24.5 Å². The Morgan fingerprint density at radius 3 is 2.76 bits per heavy atom. The largest absolute Gasteiger partial charge is 0.492 e. The van der Waals surface area contributed by atoms with Crippen LogP contribution in [0.1, 0.15) is 31.7 Å². The molecule has 0 spiro atoms. The van der Waals surface area contributed by atoms with Crippen LogP contribution in [0.5, 0.6) is 5.75 Å². The van der Waals surface area contributed by atoms with Gasteiger partial charge in [0.15, 0.2) is 0 Å². The first-order valence-corrected chi connectivity index (χ1v) is 5.60. The lowest BCUT2D eigenvalue weighted by Gasteiger charge is -2.16. The molecule has 0 aromatic carbocycles. The van der Waals surface area contributed by atoms with Crippen molar-refractivity contribution in [3.8, 4) is 11.8 Å². The SMILES string of the molecule is Cc1ccc(OCCC(C)(C)C#N)c(CO)n1. The lowest BCUT2D eigenvalue weighted by Crippen LogP contribution is -2.14. The van der Waals surface area contributed by atoms with Gasteiger partial charge < -0.3 is 9.84 Å². The van der Waals surface area contributed by atoms with Gasteiger partial charge in [-0.15, -0.1) is 0 Å². The van der Waals surface area contributed by atoms with Crippen LogP contribution in [0.3, 0.4) is 0 Å². The number of ether oxygens (including phenoxy) is 1. The van der Waals surface area contributed by atoms with Gasteiger partial charge in [-0.3, -0.25) is 4.98 Å². The Labute approximate surface area is 102 Å². The first-order valence-electron chi connectivity index (χ1n) is 5.60. The maximum Gasteiger partial charge on any atom is 0.143 e. The van der Waals surface area contributed by atoms with E-state index < -0.39 is 5.41 Å². The van der Waals surface area contributed by atoms with Gasteiger partial charge in [0.25, 0.3) is 0 Å². The highest BCUT2D eigenvalue weighted by atomic mass is 16.5. The van der Waals surface area contributed by atoms with Gasteiger partial charge in [0.2, 0.25) is 0 Å². The van der Waals surface area contributed by atoms with E-state index in [9.17, 15) is 0 Å². The van der Waals surface area contributed by atoms with Crippen molar-refractivity contribution in [1.29, 1.82) is 5.26 Å². The second-order valence-electron chi connectivity index (χ2n) is 4.65. The molecule has 1 rings (SSSR count). The minimum absolute atomic E-state index is 0.140. The number of hydrogen-bond donors (Lipinski definition) is 1. The van der Waals surface area contributed by atoms with Crippen molar-refractivity contribution in [3.63, 3.8) is 0 Å². The molecule has 0 saturated heterocycles. The van der Waals surface area contributed by atoms with Crippen LogP contribution in [0.4, 0.5) is 0 Å². The van der Waals surface area contributed by atoms with E-state index in [4.69, 9.17) is 15.1 Å². The fourth-order valence-electron chi connectivity index (χ4n) is 1.31. The summed E-state index contributed by atoms with van der Waals surface area (Å²) in [6.45, 7) is 5.91. The molecular formula is C13H18N2O2. The number of aliphatic hydroxyl groups excluding tert-OH is 1. The molecule has 0 bridgehead atoms. The molecule has 0 saturated carbocycles. The molecule has 1 aromatic rings. The average molecular weight is 234 g/mol. The third-order valence-corrected chi connectivity index (χ3v) is 2.51. The Balaban J connectivity index is 2.61. The number of aliphatic hydroxyl groups is 1. The fourth-order valence-corrected chi connectivity index (χ4v) is 1.31. The zero-order chi connectivity index (χ0) is 12.9. The minimum Gasteiger partial charge on any atom is -0.492 e. The lowest BCUT2D eigenvalue weighted by molar-refractivity contribution is 0.239. The number of nitriles is 1. The summed E-state index contributed by atoms with van der Waals surface area (Å²) in [5.41, 5.74) is 0.996. The number of rotatable bonds is 5. The molecule has 0 amide bonds. The summed E-state index contributed by atoms with van der Waals surface area (Å²) < 4.78 is 5.55. The fraction of sp³-hybridized carbons (Fsp3) is 0.538. The van der Waals surface area contributed by atoms with Crippen molar-refractivity contribution >= 4 is 0 Å². The molecule has 0 atom stereocenters. The molecule has 1 heterocycles. The number of hydrogen-bond acceptors (Lipinski definition) is 4. The topological polar surface area (TPSA) is 66.1 Å². The molecular weight excluding hydrogens is 216 g/mol. The monoisotopic (exact) mass is 234 g/mol. The van der Waals surface area contributed by atoms with Crippen LogP contribution < -0.4 is 4.74 Å². The van der Waals surface area contributed by atoms with Gasteiger partial charge in [0.05, 0.1) is 24.7 Å². The normalized spacial score (nSPS) is 11.0. The summed E-state index contributed by atoms with van der Waals surface area (Å²) in [7, 11) is 0. The Hall–Kier alpha value is -1.60. The van der Waals surface area contributed by atoms with Crippen molar-refractivity contribution in [1.82, 2.24) is 4.98 Å². The third-order valence-electron chi connectivity index (χ3n) is 2.51. The van der Waals surface area contributed by atoms with Gasteiger partial charge in [0.1, 0.15) is 11.4 Å². The van der Waals surface area contributed by atoms with Gasteiger partial charge in [-0.25, -0.2) is 0 Å². The van der Waals surface area contributed by atoms with E-state index in [0.717, 1.165) is 5.69 Å². The first-order chi connectivity index (χ1) is 7.98. The van der Waals surface area contributed by atoms with E-state index in [2.05, 4.69) is 11.1 Å². The maximum atomic E-state index is 9.15. The molecule has 1 aromatic heterocycles. The Bertz CT molecular complexity index is 422. The van der Waals surface area contributed by atoms with Gasteiger partial charge in [0, 0.05) is 5.69 Å². The van der Waals surface area contributed by atoms with Crippen LogP contribution in [0.25, 0.3) is 0 Å². The summed E-state index contributed by atoms with van der Waals surface area (Å²) in [5.74, 6) is 0.590. The van der Waals surface area contributed by atoms with Crippen molar-refractivity contribution in [2.45, 2.75) is 33.8 Å². The molecule has 4 heteroatoms. The van der Waals surface area contributed by atoms with Crippen LogP contribution in [0, 0.1) is 23.7 Å². The van der Waals surface area contributed by atoms with Crippen LogP contribution in [0.2, 0.25) is 0 Å². The van der Waals surface area contributed by atoms with Crippen LogP contribution in [-0.4, -0.2) is 16.7 Å². The zero-order valence-electron chi connectivity index (χ0n) is 10.5. The summed E-state index contributed by atoms with van der Waals surface area (Å²) >= 11 is 0. The lowest BCUT2D eigenvalue weighted by atomic mass is 9.92.